The molecular formula is C20H19NO. The zero-order valence-electron chi connectivity index (χ0n) is 12.4. The van der Waals surface area contributed by atoms with Crippen LogP contribution in [0.25, 0.3) is 11.1 Å². The Labute approximate surface area is 131 Å². The molecule has 0 aliphatic rings. The van der Waals surface area contributed by atoms with Gasteiger partial charge < -0.3 is 10.5 Å². The fraction of sp³-hybridized carbons (Fsp3) is 0.100. The van der Waals surface area contributed by atoms with Crippen LogP contribution in [0.15, 0.2) is 78.9 Å². The molecule has 0 radical (unpaired) electrons. The zero-order valence-corrected chi connectivity index (χ0v) is 12.4. The first kappa shape index (κ1) is 14.4. The average Bonchev–Trinajstić information content (AvgIpc) is 2.61. The highest BCUT2D eigenvalue weighted by Crippen LogP contribution is 2.30. The second-order valence-electron chi connectivity index (χ2n) is 5.12. The summed E-state index contributed by atoms with van der Waals surface area (Å²) in [6.45, 7) is 1.05. The molecule has 0 aliphatic carbocycles. The number of rotatable bonds is 5. The van der Waals surface area contributed by atoms with E-state index in [4.69, 9.17) is 10.5 Å². The Kier molecular flexibility index (Phi) is 4.52. The first-order valence-electron chi connectivity index (χ1n) is 7.42. The van der Waals surface area contributed by atoms with Gasteiger partial charge in [-0.15, -0.1) is 0 Å². The number of para-hydroxylation sites is 1. The summed E-state index contributed by atoms with van der Waals surface area (Å²) in [7, 11) is 0. The van der Waals surface area contributed by atoms with Crippen LogP contribution in [0, 0.1) is 0 Å². The van der Waals surface area contributed by atoms with Crippen molar-refractivity contribution in [2.75, 3.05) is 0 Å². The Balaban J connectivity index is 1.85. The van der Waals surface area contributed by atoms with Gasteiger partial charge in [-0.2, -0.15) is 0 Å². The maximum absolute atomic E-state index is 6.06. The van der Waals surface area contributed by atoms with E-state index in [9.17, 15) is 0 Å². The van der Waals surface area contributed by atoms with Crippen LogP contribution in [0.3, 0.4) is 0 Å². The maximum Gasteiger partial charge on any atom is 0.127 e. The summed E-state index contributed by atoms with van der Waals surface area (Å²) in [5, 5.41) is 0. The molecule has 3 rings (SSSR count). The molecule has 2 heteroatoms. The maximum atomic E-state index is 6.06. The van der Waals surface area contributed by atoms with E-state index in [0.29, 0.717) is 13.2 Å². The molecule has 2 N–H and O–H groups in total. The lowest BCUT2D eigenvalue weighted by Gasteiger charge is -2.13. The van der Waals surface area contributed by atoms with Gasteiger partial charge in [0.1, 0.15) is 12.4 Å². The summed E-state index contributed by atoms with van der Waals surface area (Å²) < 4.78 is 6.06. The topological polar surface area (TPSA) is 35.2 Å². The summed E-state index contributed by atoms with van der Waals surface area (Å²) >= 11 is 0. The molecule has 0 aliphatic heterocycles. The van der Waals surface area contributed by atoms with Crippen molar-refractivity contribution >= 4 is 0 Å². The van der Waals surface area contributed by atoms with E-state index in [1.54, 1.807) is 0 Å². The molecule has 0 saturated heterocycles. The van der Waals surface area contributed by atoms with E-state index in [2.05, 4.69) is 24.3 Å². The monoisotopic (exact) mass is 289 g/mol. The minimum absolute atomic E-state index is 0.525. The second-order valence-corrected chi connectivity index (χ2v) is 5.12. The molecule has 0 spiro atoms. The van der Waals surface area contributed by atoms with Crippen molar-refractivity contribution in [3.8, 4) is 16.9 Å². The van der Waals surface area contributed by atoms with Gasteiger partial charge in [-0.25, -0.2) is 0 Å². The minimum Gasteiger partial charge on any atom is -0.488 e. The number of nitrogens with two attached hydrogens (primary N) is 1. The Hall–Kier alpha value is -2.58. The highest BCUT2D eigenvalue weighted by Gasteiger charge is 2.07. The van der Waals surface area contributed by atoms with Gasteiger partial charge in [0, 0.05) is 12.1 Å². The predicted octanol–water partition coefficient (Wildman–Crippen LogP) is 4.39. The molecule has 0 amide bonds. The molecule has 0 fully saturated rings. The van der Waals surface area contributed by atoms with Crippen molar-refractivity contribution in [2.45, 2.75) is 13.2 Å². The van der Waals surface area contributed by atoms with Crippen LogP contribution in [0.4, 0.5) is 0 Å². The number of hydrogen-bond acceptors (Lipinski definition) is 2. The largest absolute Gasteiger partial charge is 0.488 e. The van der Waals surface area contributed by atoms with Crippen LogP contribution in [-0.2, 0) is 13.2 Å². The third-order valence-electron chi connectivity index (χ3n) is 3.69. The third kappa shape index (κ3) is 3.18. The smallest absolute Gasteiger partial charge is 0.127 e. The van der Waals surface area contributed by atoms with E-state index in [1.165, 1.54) is 0 Å². The Bertz CT molecular complexity index is 737. The van der Waals surface area contributed by atoms with Crippen molar-refractivity contribution in [1.82, 2.24) is 0 Å². The molecule has 3 aromatic rings. The van der Waals surface area contributed by atoms with E-state index in [-0.39, 0.29) is 0 Å². The molecule has 0 atom stereocenters. The van der Waals surface area contributed by atoms with Gasteiger partial charge in [-0.05, 0) is 22.8 Å². The summed E-state index contributed by atoms with van der Waals surface area (Å²) in [5.74, 6) is 0.889. The molecule has 110 valence electrons. The van der Waals surface area contributed by atoms with Crippen molar-refractivity contribution < 1.29 is 4.74 Å². The van der Waals surface area contributed by atoms with Crippen molar-refractivity contribution in [3.05, 3.63) is 90.0 Å². The number of benzene rings is 3. The molecule has 0 heterocycles. The Morgan fingerprint density at radius 1 is 0.682 bits per heavy atom. The normalized spacial score (nSPS) is 10.4. The van der Waals surface area contributed by atoms with E-state index in [0.717, 1.165) is 28.0 Å². The summed E-state index contributed by atoms with van der Waals surface area (Å²) in [4.78, 5) is 0. The summed E-state index contributed by atoms with van der Waals surface area (Å²) in [5.41, 5.74) is 10.3. The first-order valence-corrected chi connectivity index (χ1v) is 7.42. The van der Waals surface area contributed by atoms with Crippen LogP contribution >= 0.6 is 0 Å². The molecule has 22 heavy (non-hydrogen) atoms. The third-order valence-corrected chi connectivity index (χ3v) is 3.69. The van der Waals surface area contributed by atoms with Crippen LogP contribution in [-0.4, -0.2) is 0 Å². The minimum atomic E-state index is 0.525. The van der Waals surface area contributed by atoms with Gasteiger partial charge >= 0.3 is 0 Å². The Morgan fingerprint density at radius 2 is 1.32 bits per heavy atom. The molecule has 0 aromatic heterocycles. The first-order chi connectivity index (χ1) is 10.9. The molecule has 0 bridgehead atoms. The molecule has 3 aromatic carbocycles. The van der Waals surface area contributed by atoms with E-state index >= 15 is 0 Å². The van der Waals surface area contributed by atoms with E-state index in [1.807, 2.05) is 54.6 Å². The zero-order chi connectivity index (χ0) is 15.2. The van der Waals surface area contributed by atoms with Crippen LogP contribution < -0.4 is 10.5 Å². The van der Waals surface area contributed by atoms with Gasteiger partial charge in [0.05, 0.1) is 0 Å². The average molecular weight is 289 g/mol. The van der Waals surface area contributed by atoms with Gasteiger partial charge in [-0.1, -0.05) is 72.8 Å². The van der Waals surface area contributed by atoms with Gasteiger partial charge in [0.2, 0.25) is 0 Å². The van der Waals surface area contributed by atoms with Crippen molar-refractivity contribution in [1.29, 1.82) is 0 Å². The van der Waals surface area contributed by atoms with Gasteiger partial charge in [0.25, 0.3) is 0 Å². The number of hydrogen-bond donors (Lipinski definition) is 1. The fourth-order valence-corrected chi connectivity index (χ4v) is 2.50. The van der Waals surface area contributed by atoms with E-state index < -0.39 is 0 Å². The lowest BCUT2D eigenvalue weighted by molar-refractivity contribution is 0.306. The van der Waals surface area contributed by atoms with Gasteiger partial charge in [0.15, 0.2) is 0 Å². The van der Waals surface area contributed by atoms with Crippen LogP contribution in [0.2, 0.25) is 0 Å². The fourth-order valence-electron chi connectivity index (χ4n) is 2.50. The highest BCUT2D eigenvalue weighted by atomic mass is 16.5. The summed E-state index contributed by atoms with van der Waals surface area (Å²) in [6, 6.07) is 26.5. The standard InChI is InChI=1S/C20H19NO/c21-14-17-10-4-5-11-18(17)15-22-20-13-7-6-12-19(20)16-8-2-1-3-9-16/h1-13H,14-15,21H2. The van der Waals surface area contributed by atoms with Gasteiger partial charge in [-0.3, -0.25) is 0 Å². The SMILES string of the molecule is NCc1ccccc1COc1ccccc1-c1ccccc1. The summed E-state index contributed by atoms with van der Waals surface area (Å²) in [6.07, 6.45) is 0. The van der Waals surface area contributed by atoms with Crippen LogP contribution in [0.5, 0.6) is 5.75 Å². The van der Waals surface area contributed by atoms with Crippen LogP contribution in [0.1, 0.15) is 11.1 Å². The molecule has 0 saturated carbocycles. The second kappa shape index (κ2) is 6.92. The molecule has 0 unspecified atom stereocenters. The van der Waals surface area contributed by atoms with Crippen molar-refractivity contribution in [3.63, 3.8) is 0 Å². The molecule has 2 nitrogen and oxygen atoms in total. The Morgan fingerprint density at radius 3 is 2.09 bits per heavy atom. The highest BCUT2D eigenvalue weighted by molar-refractivity contribution is 5.70. The lowest BCUT2D eigenvalue weighted by Crippen LogP contribution is -2.04. The lowest BCUT2D eigenvalue weighted by atomic mass is 10.0. The molecular weight excluding hydrogens is 270 g/mol. The predicted molar refractivity (Wildman–Crippen MR) is 90.5 cm³/mol. The van der Waals surface area contributed by atoms with Crippen molar-refractivity contribution in [2.24, 2.45) is 5.73 Å². The number of ether oxygens (including phenoxy) is 1. The quantitative estimate of drug-likeness (QED) is 0.756.